The van der Waals surface area contributed by atoms with Gasteiger partial charge in [-0.15, -0.1) is 10.2 Å². The topological polar surface area (TPSA) is 77.0 Å². The van der Waals surface area contributed by atoms with Gasteiger partial charge in [-0.25, -0.2) is 4.68 Å². The van der Waals surface area contributed by atoms with Gasteiger partial charge < -0.3 is 10.7 Å². The average Bonchev–Trinajstić information content (AvgIpc) is 2.88. The summed E-state index contributed by atoms with van der Waals surface area (Å²) in [5.41, 5.74) is 0.951. The molecule has 1 unspecified atom stereocenters. The first-order valence-corrected chi connectivity index (χ1v) is 7.81. The van der Waals surface area contributed by atoms with E-state index in [1.165, 1.54) is 4.90 Å². The van der Waals surface area contributed by atoms with Crippen LogP contribution in [0, 0.1) is 0 Å². The fraction of sp³-hybridized carbons (Fsp3) is 0.357. The minimum Gasteiger partial charge on any atom is -0.340 e. The Bertz CT molecular complexity index is 704. The van der Waals surface area contributed by atoms with Crippen LogP contribution in [0.1, 0.15) is 18.3 Å². The van der Waals surface area contributed by atoms with E-state index in [-0.39, 0.29) is 11.1 Å². The summed E-state index contributed by atoms with van der Waals surface area (Å²) < 4.78 is 38.3. The number of halogens is 3. The third-order valence-electron chi connectivity index (χ3n) is 3.19. The molecule has 1 atom stereocenters. The number of aromatic nitrogens is 3. The van der Waals surface area contributed by atoms with Crippen molar-refractivity contribution in [1.29, 1.82) is 0 Å². The van der Waals surface area contributed by atoms with Crippen molar-refractivity contribution < 1.29 is 18.0 Å². The minimum absolute atomic E-state index is 0.170. The van der Waals surface area contributed by atoms with Gasteiger partial charge in [0.2, 0.25) is 11.1 Å². The van der Waals surface area contributed by atoms with Crippen molar-refractivity contribution >= 4 is 17.7 Å². The molecule has 1 aromatic carbocycles. The molecular formula is C14H16F3N5OS. The molecule has 1 heterocycles. The number of thioether (sulfide) groups is 1. The Hall–Kier alpha value is -2.23. The van der Waals surface area contributed by atoms with Gasteiger partial charge in [0, 0.05) is 13.6 Å². The highest BCUT2D eigenvalue weighted by Gasteiger charge is 2.38. The maximum Gasteiger partial charge on any atom is 0.453 e. The highest BCUT2D eigenvalue weighted by Crippen LogP contribution is 2.30. The van der Waals surface area contributed by atoms with Crippen molar-refractivity contribution in [1.82, 2.24) is 19.8 Å². The number of nitrogen functional groups attached to an aromatic ring is 1. The first kappa shape index (κ1) is 18.1. The van der Waals surface area contributed by atoms with Gasteiger partial charge in [-0.1, -0.05) is 42.1 Å². The Morgan fingerprint density at radius 1 is 1.33 bits per heavy atom. The summed E-state index contributed by atoms with van der Waals surface area (Å²) in [6.45, 7) is 1.98. The molecule has 2 rings (SSSR count). The van der Waals surface area contributed by atoms with Crippen LogP contribution in [0.3, 0.4) is 0 Å². The van der Waals surface area contributed by atoms with Gasteiger partial charge in [0.1, 0.15) is 0 Å². The molecule has 6 nitrogen and oxygen atoms in total. The SMILES string of the molecule is CC(Sc1nnc(C(F)(F)F)n1N)C(=O)N(C)Cc1ccccc1. The van der Waals surface area contributed by atoms with Crippen LogP contribution in [-0.4, -0.2) is 38.0 Å². The number of carbonyl (C=O) groups excluding carboxylic acids is 1. The molecule has 0 aliphatic heterocycles. The van der Waals surface area contributed by atoms with Crippen LogP contribution in [0.5, 0.6) is 0 Å². The predicted octanol–water partition coefficient (Wildman–Crippen LogP) is 2.15. The third kappa shape index (κ3) is 4.19. The fourth-order valence-electron chi connectivity index (χ4n) is 2.00. The number of nitrogens with zero attached hydrogens (tertiary/aromatic N) is 4. The molecule has 10 heteroatoms. The van der Waals surface area contributed by atoms with Gasteiger partial charge in [-0.05, 0) is 12.5 Å². The summed E-state index contributed by atoms with van der Waals surface area (Å²) in [6, 6.07) is 9.36. The lowest BCUT2D eigenvalue weighted by atomic mass is 10.2. The van der Waals surface area contributed by atoms with Crippen LogP contribution < -0.4 is 5.84 Å². The van der Waals surface area contributed by atoms with Crippen LogP contribution in [0.2, 0.25) is 0 Å². The molecule has 2 aromatic rings. The van der Waals surface area contributed by atoms with Crippen LogP contribution in [0.15, 0.2) is 35.5 Å². The van der Waals surface area contributed by atoms with Crippen molar-refractivity contribution in [3.63, 3.8) is 0 Å². The third-order valence-corrected chi connectivity index (χ3v) is 4.23. The normalized spacial score (nSPS) is 12.9. The van der Waals surface area contributed by atoms with Crippen LogP contribution in [0.25, 0.3) is 0 Å². The zero-order valence-corrected chi connectivity index (χ0v) is 13.8. The van der Waals surface area contributed by atoms with Gasteiger partial charge >= 0.3 is 6.18 Å². The summed E-state index contributed by atoms with van der Waals surface area (Å²) in [5.74, 6) is 3.81. The number of benzene rings is 1. The number of rotatable bonds is 5. The van der Waals surface area contributed by atoms with Crippen molar-refractivity contribution in [2.24, 2.45) is 0 Å². The molecule has 0 spiro atoms. The summed E-state index contributed by atoms with van der Waals surface area (Å²) >= 11 is 0.827. The lowest BCUT2D eigenvalue weighted by Crippen LogP contribution is -2.33. The Morgan fingerprint density at radius 3 is 2.50 bits per heavy atom. The molecule has 1 amide bonds. The second-order valence-electron chi connectivity index (χ2n) is 5.11. The van der Waals surface area contributed by atoms with E-state index >= 15 is 0 Å². The lowest BCUT2D eigenvalue weighted by molar-refractivity contribution is -0.146. The summed E-state index contributed by atoms with van der Waals surface area (Å²) in [7, 11) is 1.63. The molecule has 2 N–H and O–H groups in total. The van der Waals surface area contributed by atoms with Crippen LogP contribution in [0.4, 0.5) is 13.2 Å². The largest absolute Gasteiger partial charge is 0.453 e. The van der Waals surface area contributed by atoms with Gasteiger partial charge in [0.15, 0.2) is 0 Å². The monoisotopic (exact) mass is 359 g/mol. The highest BCUT2D eigenvalue weighted by molar-refractivity contribution is 8.00. The number of alkyl halides is 3. The lowest BCUT2D eigenvalue weighted by Gasteiger charge is -2.21. The second kappa shape index (κ2) is 7.12. The van der Waals surface area contributed by atoms with Crippen molar-refractivity contribution in [3.8, 4) is 0 Å². The quantitative estimate of drug-likeness (QED) is 0.654. The predicted molar refractivity (Wildman–Crippen MR) is 83.4 cm³/mol. The van der Waals surface area contributed by atoms with E-state index in [1.807, 2.05) is 30.3 Å². The second-order valence-corrected chi connectivity index (χ2v) is 6.42. The molecule has 0 bridgehead atoms. The highest BCUT2D eigenvalue weighted by atomic mass is 32.2. The van der Waals surface area contributed by atoms with E-state index < -0.39 is 17.3 Å². The van der Waals surface area contributed by atoms with E-state index in [1.54, 1.807) is 14.0 Å². The number of hydrogen-bond acceptors (Lipinski definition) is 5. The van der Waals surface area contributed by atoms with E-state index in [0.29, 0.717) is 11.2 Å². The number of amides is 1. The van der Waals surface area contributed by atoms with Gasteiger partial charge in [0.05, 0.1) is 5.25 Å². The summed E-state index contributed by atoms with van der Waals surface area (Å²) in [5, 5.41) is 5.61. The van der Waals surface area contributed by atoms with E-state index in [4.69, 9.17) is 5.84 Å². The summed E-state index contributed by atoms with van der Waals surface area (Å²) in [4.78, 5) is 13.8. The van der Waals surface area contributed by atoms with Gasteiger partial charge in [-0.2, -0.15) is 13.2 Å². The van der Waals surface area contributed by atoms with E-state index in [0.717, 1.165) is 17.3 Å². The molecule has 1 aromatic heterocycles. The van der Waals surface area contributed by atoms with Crippen molar-refractivity contribution in [3.05, 3.63) is 41.7 Å². The summed E-state index contributed by atoms with van der Waals surface area (Å²) in [6.07, 6.45) is -4.70. The molecule has 0 aliphatic carbocycles. The molecule has 0 fully saturated rings. The zero-order chi connectivity index (χ0) is 17.9. The van der Waals surface area contributed by atoms with E-state index in [9.17, 15) is 18.0 Å². The fourth-order valence-corrected chi connectivity index (χ4v) is 2.89. The molecular weight excluding hydrogens is 343 g/mol. The maximum atomic E-state index is 12.6. The average molecular weight is 359 g/mol. The molecule has 0 radical (unpaired) electrons. The molecule has 130 valence electrons. The zero-order valence-electron chi connectivity index (χ0n) is 13.0. The molecule has 0 saturated heterocycles. The number of hydrogen-bond donors (Lipinski definition) is 1. The Balaban J connectivity index is 2.03. The number of nitrogens with two attached hydrogens (primary N) is 1. The van der Waals surface area contributed by atoms with Crippen molar-refractivity contribution in [2.75, 3.05) is 12.9 Å². The van der Waals surface area contributed by atoms with Gasteiger partial charge in [0.25, 0.3) is 5.82 Å². The Kier molecular flexibility index (Phi) is 5.37. The maximum absolute atomic E-state index is 12.6. The Morgan fingerprint density at radius 2 is 1.96 bits per heavy atom. The molecule has 0 aliphatic rings. The first-order chi connectivity index (χ1) is 11.2. The first-order valence-electron chi connectivity index (χ1n) is 6.93. The van der Waals surface area contributed by atoms with E-state index in [2.05, 4.69) is 10.2 Å². The molecule has 24 heavy (non-hydrogen) atoms. The standard InChI is InChI=1S/C14H16F3N5OS/c1-9(11(23)21(2)8-10-6-4-3-5-7-10)24-13-20-19-12(22(13)18)14(15,16)17/h3-7,9H,8,18H2,1-2H3. The van der Waals surface area contributed by atoms with Gasteiger partial charge in [-0.3, -0.25) is 4.79 Å². The van der Waals surface area contributed by atoms with Crippen molar-refractivity contribution in [2.45, 2.75) is 30.1 Å². The van der Waals surface area contributed by atoms with Crippen LogP contribution >= 0.6 is 11.8 Å². The minimum atomic E-state index is -4.70. The Labute approximate surface area is 140 Å². The van der Waals surface area contributed by atoms with Crippen LogP contribution in [-0.2, 0) is 17.5 Å². The molecule has 0 saturated carbocycles. The number of carbonyl (C=O) groups is 1. The smallest absolute Gasteiger partial charge is 0.340 e.